The maximum atomic E-state index is 12.6. The van der Waals surface area contributed by atoms with Gasteiger partial charge >= 0.3 is 6.18 Å². The average Bonchev–Trinajstić information content (AvgIpc) is 2.15. The van der Waals surface area contributed by atoms with Crippen LogP contribution in [0.5, 0.6) is 0 Å². The van der Waals surface area contributed by atoms with Crippen LogP contribution in [-0.2, 0) is 12.8 Å². The highest BCUT2D eigenvalue weighted by Crippen LogP contribution is 2.41. The molecule has 0 aliphatic heterocycles. The molecule has 1 rings (SSSR count). The van der Waals surface area contributed by atoms with Crippen molar-refractivity contribution >= 4 is 21.6 Å². The van der Waals surface area contributed by atoms with Gasteiger partial charge in [0.1, 0.15) is 5.56 Å². The van der Waals surface area contributed by atoms with Gasteiger partial charge in [-0.15, -0.1) is 0 Å². The Hall–Kier alpha value is -1.15. The average molecular weight is 300 g/mol. The van der Waals surface area contributed by atoms with Gasteiger partial charge in [0.05, 0.1) is 11.5 Å². The third-order valence-electron chi connectivity index (χ3n) is 1.87. The minimum atomic E-state index is -4.88. The van der Waals surface area contributed by atoms with E-state index in [2.05, 4.69) is 15.9 Å². The van der Waals surface area contributed by atoms with Crippen LogP contribution in [-0.4, -0.2) is 10.0 Å². The summed E-state index contributed by atoms with van der Waals surface area (Å²) in [6, 6.07) is 1.84. The number of rotatable bonds is 2. The molecule has 1 aromatic carbocycles. The summed E-state index contributed by atoms with van der Waals surface area (Å²) in [6.45, 7) is -0.933. The highest BCUT2D eigenvalue weighted by atomic mass is 79.9. The van der Waals surface area contributed by atoms with Crippen LogP contribution in [0, 0.1) is 10.1 Å². The Bertz CT molecular complexity index is 433. The quantitative estimate of drug-likeness (QED) is 0.674. The van der Waals surface area contributed by atoms with E-state index < -0.39 is 34.5 Å². The van der Waals surface area contributed by atoms with Crippen LogP contribution in [0.2, 0.25) is 0 Å². The number of aliphatic hydroxyl groups excluding tert-OH is 1. The van der Waals surface area contributed by atoms with Gasteiger partial charge in [-0.05, 0) is 6.07 Å². The fraction of sp³-hybridized carbons (Fsp3) is 0.250. The highest BCUT2D eigenvalue weighted by molar-refractivity contribution is 9.10. The largest absolute Gasteiger partial charge is 0.423 e. The Kier molecular flexibility index (Phi) is 3.54. The fourth-order valence-corrected chi connectivity index (χ4v) is 1.69. The summed E-state index contributed by atoms with van der Waals surface area (Å²) < 4.78 is 37.8. The maximum Gasteiger partial charge on any atom is 0.423 e. The molecule has 16 heavy (non-hydrogen) atoms. The second-order valence-corrected chi connectivity index (χ2v) is 3.69. The van der Waals surface area contributed by atoms with Crippen molar-refractivity contribution in [3.8, 4) is 0 Å². The lowest BCUT2D eigenvalue weighted by Crippen LogP contribution is -2.13. The number of hydrogen-bond acceptors (Lipinski definition) is 3. The molecule has 88 valence electrons. The van der Waals surface area contributed by atoms with Crippen LogP contribution in [0.1, 0.15) is 11.1 Å². The second kappa shape index (κ2) is 4.38. The third-order valence-corrected chi connectivity index (χ3v) is 2.61. The van der Waals surface area contributed by atoms with E-state index in [1.807, 2.05) is 0 Å². The van der Waals surface area contributed by atoms with Crippen molar-refractivity contribution in [1.29, 1.82) is 0 Å². The zero-order valence-electron chi connectivity index (χ0n) is 7.58. The predicted octanol–water partition coefficient (Wildman–Crippen LogP) is 2.87. The SMILES string of the molecule is O=[N+]([O-])c1ccc(Br)c(CO)c1C(F)(F)F. The van der Waals surface area contributed by atoms with Crippen molar-refractivity contribution in [2.24, 2.45) is 0 Å². The summed E-state index contributed by atoms with van der Waals surface area (Å²) in [7, 11) is 0. The van der Waals surface area contributed by atoms with Gasteiger partial charge in [-0.2, -0.15) is 13.2 Å². The van der Waals surface area contributed by atoms with Crippen molar-refractivity contribution in [2.75, 3.05) is 0 Å². The molecule has 8 heteroatoms. The molecule has 0 amide bonds. The summed E-state index contributed by atoms with van der Waals surface area (Å²) in [5.41, 5.74) is -3.03. The van der Waals surface area contributed by atoms with E-state index in [1.54, 1.807) is 0 Å². The minimum Gasteiger partial charge on any atom is -0.392 e. The first-order valence-electron chi connectivity index (χ1n) is 3.93. The molecule has 0 radical (unpaired) electrons. The lowest BCUT2D eigenvalue weighted by atomic mass is 10.1. The monoisotopic (exact) mass is 299 g/mol. The molecule has 0 unspecified atom stereocenters. The van der Waals surface area contributed by atoms with Crippen LogP contribution >= 0.6 is 15.9 Å². The van der Waals surface area contributed by atoms with E-state index in [0.717, 1.165) is 12.1 Å². The first-order chi connectivity index (χ1) is 7.29. The molecule has 0 aliphatic carbocycles. The van der Waals surface area contributed by atoms with Gasteiger partial charge in [0.15, 0.2) is 0 Å². The van der Waals surface area contributed by atoms with Crippen molar-refractivity contribution in [1.82, 2.24) is 0 Å². The summed E-state index contributed by atoms with van der Waals surface area (Å²) >= 11 is 2.80. The summed E-state index contributed by atoms with van der Waals surface area (Å²) in [6.07, 6.45) is -4.88. The van der Waals surface area contributed by atoms with E-state index in [4.69, 9.17) is 5.11 Å². The molecule has 4 nitrogen and oxygen atoms in total. The zero-order valence-corrected chi connectivity index (χ0v) is 9.17. The van der Waals surface area contributed by atoms with Crippen LogP contribution in [0.25, 0.3) is 0 Å². The van der Waals surface area contributed by atoms with Gasteiger partial charge < -0.3 is 5.11 Å². The van der Waals surface area contributed by atoms with Crippen LogP contribution in [0.15, 0.2) is 16.6 Å². The number of benzene rings is 1. The van der Waals surface area contributed by atoms with Gasteiger partial charge in [-0.3, -0.25) is 10.1 Å². The van der Waals surface area contributed by atoms with E-state index in [9.17, 15) is 23.3 Å². The van der Waals surface area contributed by atoms with Crippen molar-refractivity contribution in [3.63, 3.8) is 0 Å². The van der Waals surface area contributed by atoms with Gasteiger partial charge in [0.2, 0.25) is 0 Å². The molecule has 0 aliphatic rings. The Labute approximate surface area is 96.0 Å². The Morgan fingerprint density at radius 2 is 2.00 bits per heavy atom. The van der Waals surface area contributed by atoms with Crippen molar-refractivity contribution in [2.45, 2.75) is 12.8 Å². The van der Waals surface area contributed by atoms with Crippen LogP contribution in [0.3, 0.4) is 0 Å². The fourth-order valence-electron chi connectivity index (χ4n) is 1.23. The molecule has 0 saturated carbocycles. The third kappa shape index (κ3) is 2.33. The van der Waals surface area contributed by atoms with Crippen molar-refractivity contribution < 1.29 is 23.2 Å². The Balaban J connectivity index is 3.61. The zero-order chi connectivity index (χ0) is 12.5. The minimum absolute atomic E-state index is 0.0204. The number of nitro groups is 1. The topological polar surface area (TPSA) is 63.4 Å². The van der Waals surface area contributed by atoms with Crippen molar-refractivity contribution in [3.05, 3.63) is 37.8 Å². The smallest absolute Gasteiger partial charge is 0.392 e. The maximum absolute atomic E-state index is 12.6. The predicted molar refractivity (Wildman–Crippen MR) is 51.7 cm³/mol. The number of alkyl halides is 3. The molecule has 0 aromatic heterocycles. The lowest BCUT2D eigenvalue weighted by molar-refractivity contribution is -0.388. The van der Waals surface area contributed by atoms with Gasteiger partial charge in [0.25, 0.3) is 5.69 Å². The van der Waals surface area contributed by atoms with Crippen LogP contribution in [0.4, 0.5) is 18.9 Å². The molecule has 0 atom stereocenters. The van der Waals surface area contributed by atoms with Gasteiger partial charge in [-0.1, -0.05) is 15.9 Å². The lowest BCUT2D eigenvalue weighted by Gasteiger charge is -2.12. The number of halogens is 4. The number of nitro benzene ring substituents is 1. The van der Waals surface area contributed by atoms with E-state index in [0.29, 0.717) is 0 Å². The summed E-state index contributed by atoms with van der Waals surface area (Å²) in [5, 5.41) is 19.3. The van der Waals surface area contributed by atoms with E-state index in [-0.39, 0.29) is 4.47 Å². The molecule has 0 spiro atoms. The highest BCUT2D eigenvalue weighted by Gasteiger charge is 2.41. The Morgan fingerprint density at radius 3 is 2.38 bits per heavy atom. The first-order valence-corrected chi connectivity index (χ1v) is 4.72. The van der Waals surface area contributed by atoms with Crippen LogP contribution < -0.4 is 0 Å². The second-order valence-electron chi connectivity index (χ2n) is 2.83. The number of hydrogen-bond donors (Lipinski definition) is 1. The molecular weight excluding hydrogens is 295 g/mol. The van der Waals surface area contributed by atoms with E-state index in [1.165, 1.54) is 0 Å². The van der Waals surface area contributed by atoms with E-state index >= 15 is 0 Å². The number of nitrogens with zero attached hydrogens (tertiary/aromatic N) is 1. The molecule has 1 N–H and O–H groups in total. The molecular formula is C8H5BrF3NO3. The van der Waals surface area contributed by atoms with Gasteiger partial charge in [-0.25, -0.2) is 0 Å². The molecule has 0 heterocycles. The molecule has 0 fully saturated rings. The normalized spacial score (nSPS) is 11.6. The molecule has 0 saturated heterocycles. The standard InChI is InChI=1S/C8H5BrF3NO3/c9-5-1-2-6(13(15)16)7(4(5)3-14)8(10,11)12/h1-2,14H,3H2. The van der Waals surface area contributed by atoms with Gasteiger partial charge in [0, 0.05) is 16.1 Å². The summed E-state index contributed by atoms with van der Waals surface area (Å²) in [5.74, 6) is 0. The molecule has 1 aromatic rings. The summed E-state index contributed by atoms with van der Waals surface area (Å²) in [4.78, 5) is 9.33. The Morgan fingerprint density at radius 1 is 1.44 bits per heavy atom. The first kappa shape index (κ1) is 12.9. The molecule has 0 bridgehead atoms. The number of aliphatic hydroxyl groups is 1.